The van der Waals surface area contributed by atoms with Crippen molar-refractivity contribution in [3.05, 3.63) is 29.6 Å². The van der Waals surface area contributed by atoms with Crippen molar-refractivity contribution in [2.75, 3.05) is 6.54 Å². The van der Waals surface area contributed by atoms with Gasteiger partial charge in [-0.2, -0.15) is 0 Å². The van der Waals surface area contributed by atoms with Crippen LogP contribution in [0.2, 0.25) is 0 Å². The summed E-state index contributed by atoms with van der Waals surface area (Å²) in [6.07, 6.45) is 5.70. The van der Waals surface area contributed by atoms with Gasteiger partial charge in [0.25, 0.3) is 0 Å². The number of phenolic OH excluding ortho intramolecular Hbond substituents is 1. The second-order valence-electron chi connectivity index (χ2n) is 4.47. The summed E-state index contributed by atoms with van der Waals surface area (Å²) in [5.41, 5.74) is 0.961. The van der Waals surface area contributed by atoms with Crippen LogP contribution in [0.3, 0.4) is 0 Å². The SMILES string of the molecule is Oc1ccc(CCC2CCCCN2)cc1F. The maximum absolute atomic E-state index is 13.1. The Morgan fingerprint density at radius 1 is 1.38 bits per heavy atom. The Hall–Kier alpha value is -1.09. The zero-order valence-electron chi connectivity index (χ0n) is 9.38. The molecular formula is C13H18FNO. The molecule has 1 aliphatic rings. The number of benzene rings is 1. The van der Waals surface area contributed by atoms with Gasteiger partial charge >= 0.3 is 0 Å². The van der Waals surface area contributed by atoms with Gasteiger partial charge in [0.15, 0.2) is 11.6 Å². The van der Waals surface area contributed by atoms with E-state index in [9.17, 15) is 4.39 Å². The quantitative estimate of drug-likeness (QED) is 0.825. The van der Waals surface area contributed by atoms with Gasteiger partial charge in [-0.05, 0) is 49.9 Å². The lowest BCUT2D eigenvalue weighted by atomic mass is 9.98. The van der Waals surface area contributed by atoms with Crippen LogP contribution in [0.1, 0.15) is 31.2 Å². The highest BCUT2D eigenvalue weighted by Gasteiger charge is 2.12. The summed E-state index contributed by atoms with van der Waals surface area (Å²) < 4.78 is 13.1. The highest BCUT2D eigenvalue weighted by molar-refractivity contribution is 5.28. The van der Waals surface area contributed by atoms with Gasteiger partial charge in [0.2, 0.25) is 0 Å². The fourth-order valence-corrected chi connectivity index (χ4v) is 2.22. The lowest BCUT2D eigenvalue weighted by Gasteiger charge is -2.23. The summed E-state index contributed by atoms with van der Waals surface area (Å²) in [5, 5.41) is 12.5. The topological polar surface area (TPSA) is 32.3 Å². The van der Waals surface area contributed by atoms with Crippen LogP contribution >= 0.6 is 0 Å². The van der Waals surface area contributed by atoms with Crippen molar-refractivity contribution >= 4 is 0 Å². The highest BCUT2D eigenvalue weighted by Crippen LogP contribution is 2.18. The predicted molar refractivity (Wildman–Crippen MR) is 62.0 cm³/mol. The van der Waals surface area contributed by atoms with Crippen LogP contribution in [0, 0.1) is 5.82 Å². The van der Waals surface area contributed by atoms with Crippen LogP contribution in [-0.4, -0.2) is 17.7 Å². The number of hydrogen-bond acceptors (Lipinski definition) is 2. The molecule has 1 saturated heterocycles. The molecule has 1 atom stereocenters. The molecule has 0 bridgehead atoms. The van der Waals surface area contributed by atoms with E-state index in [1.54, 1.807) is 6.07 Å². The highest BCUT2D eigenvalue weighted by atomic mass is 19.1. The average molecular weight is 223 g/mol. The Bertz CT molecular complexity index is 348. The molecule has 1 aromatic carbocycles. The van der Waals surface area contributed by atoms with Crippen molar-refractivity contribution in [1.82, 2.24) is 5.32 Å². The maximum Gasteiger partial charge on any atom is 0.165 e. The number of aryl methyl sites for hydroxylation is 1. The van der Waals surface area contributed by atoms with Crippen molar-refractivity contribution in [3.8, 4) is 5.75 Å². The van der Waals surface area contributed by atoms with Gasteiger partial charge in [0.1, 0.15) is 0 Å². The summed E-state index contributed by atoms with van der Waals surface area (Å²) in [4.78, 5) is 0. The summed E-state index contributed by atoms with van der Waals surface area (Å²) in [6, 6.07) is 5.23. The minimum absolute atomic E-state index is 0.264. The second kappa shape index (κ2) is 5.30. The standard InChI is InChI=1S/C13H18FNO/c14-12-9-10(5-7-13(12)16)4-6-11-3-1-2-8-15-11/h5,7,9,11,15-16H,1-4,6,8H2. The third-order valence-electron chi connectivity index (χ3n) is 3.21. The first-order chi connectivity index (χ1) is 7.75. The van der Waals surface area contributed by atoms with E-state index in [0.29, 0.717) is 6.04 Å². The summed E-state index contributed by atoms with van der Waals surface area (Å²) in [6.45, 7) is 1.11. The van der Waals surface area contributed by atoms with Gasteiger partial charge in [-0.15, -0.1) is 0 Å². The molecule has 2 nitrogen and oxygen atoms in total. The molecule has 3 heteroatoms. The third-order valence-corrected chi connectivity index (χ3v) is 3.21. The summed E-state index contributed by atoms with van der Waals surface area (Å²) in [5.74, 6) is -0.784. The molecule has 0 aliphatic carbocycles. The molecular weight excluding hydrogens is 205 g/mol. The molecule has 0 amide bonds. The molecule has 0 spiro atoms. The Morgan fingerprint density at radius 3 is 2.94 bits per heavy atom. The van der Waals surface area contributed by atoms with Crippen LogP contribution in [0.5, 0.6) is 5.75 Å². The van der Waals surface area contributed by atoms with Crippen molar-refractivity contribution in [2.24, 2.45) is 0 Å². The number of phenols is 1. The molecule has 1 unspecified atom stereocenters. The predicted octanol–water partition coefficient (Wildman–Crippen LogP) is 2.61. The van der Waals surface area contributed by atoms with Crippen LogP contribution in [0.4, 0.5) is 4.39 Å². The van der Waals surface area contributed by atoms with E-state index in [0.717, 1.165) is 24.9 Å². The molecule has 1 heterocycles. The van der Waals surface area contributed by atoms with E-state index in [-0.39, 0.29) is 5.75 Å². The Kier molecular flexibility index (Phi) is 3.78. The number of rotatable bonds is 3. The van der Waals surface area contributed by atoms with Crippen molar-refractivity contribution in [2.45, 2.75) is 38.1 Å². The molecule has 1 aliphatic heterocycles. The van der Waals surface area contributed by atoms with Gasteiger partial charge in [-0.25, -0.2) is 4.39 Å². The zero-order chi connectivity index (χ0) is 11.4. The Balaban J connectivity index is 1.86. The minimum atomic E-state index is -0.519. The first-order valence-electron chi connectivity index (χ1n) is 5.96. The summed E-state index contributed by atoms with van der Waals surface area (Å²) >= 11 is 0. The minimum Gasteiger partial charge on any atom is -0.505 e. The van der Waals surface area contributed by atoms with Crippen molar-refractivity contribution in [3.63, 3.8) is 0 Å². The fraction of sp³-hybridized carbons (Fsp3) is 0.538. The second-order valence-corrected chi connectivity index (χ2v) is 4.47. The van der Waals surface area contributed by atoms with E-state index >= 15 is 0 Å². The number of hydrogen-bond donors (Lipinski definition) is 2. The largest absolute Gasteiger partial charge is 0.505 e. The fourth-order valence-electron chi connectivity index (χ4n) is 2.22. The lowest BCUT2D eigenvalue weighted by Crippen LogP contribution is -2.34. The number of halogens is 1. The van der Waals surface area contributed by atoms with E-state index < -0.39 is 5.82 Å². The molecule has 2 rings (SSSR count). The van der Waals surface area contributed by atoms with Crippen LogP contribution < -0.4 is 5.32 Å². The Morgan fingerprint density at radius 2 is 2.25 bits per heavy atom. The monoisotopic (exact) mass is 223 g/mol. The molecule has 16 heavy (non-hydrogen) atoms. The zero-order valence-corrected chi connectivity index (χ0v) is 9.38. The van der Waals surface area contributed by atoms with Gasteiger partial charge < -0.3 is 10.4 Å². The van der Waals surface area contributed by atoms with Crippen molar-refractivity contribution < 1.29 is 9.50 Å². The van der Waals surface area contributed by atoms with Crippen LogP contribution in [0.15, 0.2) is 18.2 Å². The molecule has 2 N–H and O–H groups in total. The van der Waals surface area contributed by atoms with Crippen LogP contribution in [0.25, 0.3) is 0 Å². The first kappa shape index (κ1) is 11.4. The summed E-state index contributed by atoms with van der Waals surface area (Å²) in [7, 11) is 0. The molecule has 1 fully saturated rings. The van der Waals surface area contributed by atoms with E-state index in [1.165, 1.54) is 31.4 Å². The van der Waals surface area contributed by atoms with Gasteiger partial charge in [-0.1, -0.05) is 12.5 Å². The molecule has 0 aromatic heterocycles. The molecule has 0 saturated carbocycles. The van der Waals surface area contributed by atoms with Crippen LogP contribution in [-0.2, 0) is 6.42 Å². The first-order valence-corrected chi connectivity index (χ1v) is 5.96. The van der Waals surface area contributed by atoms with Gasteiger partial charge in [0.05, 0.1) is 0 Å². The lowest BCUT2D eigenvalue weighted by molar-refractivity contribution is 0.382. The average Bonchev–Trinajstić information content (AvgIpc) is 2.32. The maximum atomic E-state index is 13.1. The van der Waals surface area contributed by atoms with E-state index in [2.05, 4.69) is 5.32 Å². The third kappa shape index (κ3) is 2.95. The molecule has 0 radical (unpaired) electrons. The number of aromatic hydroxyl groups is 1. The van der Waals surface area contributed by atoms with Gasteiger partial charge in [-0.3, -0.25) is 0 Å². The normalized spacial score (nSPS) is 20.9. The molecule has 1 aromatic rings. The van der Waals surface area contributed by atoms with Crippen molar-refractivity contribution in [1.29, 1.82) is 0 Å². The Labute approximate surface area is 95.5 Å². The van der Waals surface area contributed by atoms with E-state index in [1.807, 2.05) is 0 Å². The molecule has 88 valence electrons. The smallest absolute Gasteiger partial charge is 0.165 e. The van der Waals surface area contributed by atoms with Gasteiger partial charge in [0, 0.05) is 6.04 Å². The number of piperidine rings is 1. The van der Waals surface area contributed by atoms with E-state index in [4.69, 9.17) is 5.11 Å². The number of nitrogens with one attached hydrogen (secondary N) is 1.